The van der Waals surface area contributed by atoms with Crippen LogP contribution >= 0.6 is 0 Å². The molecule has 1 heterocycles. The molecule has 3 N–H and O–H groups in total. The molecule has 1 aliphatic rings. The van der Waals surface area contributed by atoms with E-state index in [0.29, 0.717) is 30.7 Å². The lowest BCUT2D eigenvalue weighted by atomic mass is 9.71. The molecule has 0 radical (unpaired) electrons. The summed E-state index contributed by atoms with van der Waals surface area (Å²) in [6.45, 7) is 8.51. The van der Waals surface area contributed by atoms with Crippen molar-refractivity contribution in [2.45, 2.75) is 40.5 Å². The van der Waals surface area contributed by atoms with E-state index in [0.717, 1.165) is 6.07 Å². The summed E-state index contributed by atoms with van der Waals surface area (Å²) in [5.41, 5.74) is 9.65. The predicted octanol–water partition coefficient (Wildman–Crippen LogP) is 3.44. The first-order chi connectivity index (χ1) is 11.8. The predicted molar refractivity (Wildman–Crippen MR) is 95.0 cm³/mol. The lowest BCUT2D eigenvalue weighted by molar-refractivity contribution is -0.144. The molecule has 0 unspecified atom stereocenters. The average molecular weight is 351 g/mol. The Balaban J connectivity index is 2.68. The molecule has 1 aliphatic heterocycles. The summed E-state index contributed by atoms with van der Waals surface area (Å²) in [4.78, 5) is 13.2. The second-order valence-corrected chi connectivity index (χ2v) is 6.89. The minimum atomic E-state index is -0.773. The van der Waals surface area contributed by atoms with E-state index in [4.69, 9.17) is 5.73 Å². The molecule has 0 fully saturated rings. The van der Waals surface area contributed by atoms with Crippen molar-refractivity contribution in [2.75, 3.05) is 13.1 Å². The number of amides is 1. The Morgan fingerprint density at radius 2 is 1.88 bits per heavy atom. The van der Waals surface area contributed by atoms with Crippen molar-refractivity contribution in [3.8, 4) is 0 Å². The molecule has 4 nitrogen and oxygen atoms in total. The van der Waals surface area contributed by atoms with Crippen LogP contribution in [-0.2, 0) is 4.79 Å². The van der Waals surface area contributed by atoms with Crippen molar-refractivity contribution < 1.29 is 13.6 Å². The van der Waals surface area contributed by atoms with Gasteiger partial charge in [0.1, 0.15) is 11.6 Å². The number of carbonyl (C=O) groups excluding carboxylic acids is 1. The van der Waals surface area contributed by atoms with Gasteiger partial charge in [0.25, 0.3) is 5.91 Å². The van der Waals surface area contributed by atoms with Gasteiger partial charge in [0, 0.05) is 24.7 Å². The fourth-order valence-corrected chi connectivity index (χ4v) is 3.57. The van der Waals surface area contributed by atoms with Crippen molar-refractivity contribution >= 4 is 11.6 Å². The third kappa shape index (κ3) is 3.40. The van der Waals surface area contributed by atoms with E-state index >= 15 is 0 Å². The molecule has 6 heteroatoms. The van der Waals surface area contributed by atoms with Gasteiger partial charge in [-0.05, 0) is 36.5 Å². The van der Waals surface area contributed by atoms with Gasteiger partial charge in [0.2, 0.25) is 0 Å². The monoisotopic (exact) mass is 351 g/mol. The van der Waals surface area contributed by atoms with Crippen LogP contribution in [0, 0.1) is 23.0 Å². The summed E-state index contributed by atoms with van der Waals surface area (Å²) in [6.07, 6.45) is 1.13. The summed E-state index contributed by atoms with van der Waals surface area (Å²) < 4.78 is 27.8. The maximum absolute atomic E-state index is 14.4. The molecular formula is C19H27F2N3O. The fourth-order valence-electron chi connectivity index (χ4n) is 3.57. The van der Waals surface area contributed by atoms with Crippen LogP contribution in [-0.4, -0.2) is 24.0 Å². The van der Waals surface area contributed by atoms with Crippen LogP contribution in [0.3, 0.4) is 0 Å². The summed E-state index contributed by atoms with van der Waals surface area (Å²) in [7, 11) is 0. The van der Waals surface area contributed by atoms with E-state index in [9.17, 15) is 13.6 Å². The van der Waals surface area contributed by atoms with Crippen molar-refractivity contribution in [3.63, 3.8) is 0 Å². The zero-order valence-electron chi connectivity index (χ0n) is 15.3. The highest BCUT2D eigenvalue weighted by molar-refractivity contribution is 5.92. The van der Waals surface area contributed by atoms with E-state index in [1.54, 1.807) is 5.01 Å². The number of nitrogens with zero attached hydrogens (tertiary/aromatic N) is 1. The molecule has 0 saturated carbocycles. The number of rotatable bonds is 6. The molecule has 2 rings (SSSR count). The molecule has 0 saturated heterocycles. The highest BCUT2D eigenvalue weighted by Crippen LogP contribution is 2.43. The number of benzene rings is 1. The Labute approximate surface area is 148 Å². The Kier molecular flexibility index (Phi) is 5.83. The van der Waals surface area contributed by atoms with Crippen LogP contribution in [0.2, 0.25) is 0 Å². The van der Waals surface area contributed by atoms with Gasteiger partial charge in [-0.25, -0.2) is 8.78 Å². The second kappa shape index (κ2) is 7.52. The van der Waals surface area contributed by atoms with Crippen LogP contribution in [0.5, 0.6) is 0 Å². The standard InChI is InChI=1S/C19H27F2N3O/c1-5-19(6-2)15(10-22)17(14-8-7-13(20)9-16(14)21)23-24(18(19)25)11-12(3)4/h7-9,12,23H,5-6,10-11,22H2,1-4H3. The van der Waals surface area contributed by atoms with Crippen molar-refractivity contribution in [2.24, 2.45) is 17.1 Å². The molecule has 0 atom stereocenters. The fraction of sp³-hybridized carbons (Fsp3) is 0.526. The van der Waals surface area contributed by atoms with Gasteiger partial charge < -0.3 is 5.73 Å². The third-order valence-corrected chi connectivity index (χ3v) is 4.94. The van der Waals surface area contributed by atoms with Crippen LogP contribution in [0.25, 0.3) is 5.70 Å². The van der Waals surface area contributed by atoms with Crippen molar-refractivity contribution in [1.29, 1.82) is 0 Å². The van der Waals surface area contributed by atoms with Crippen LogP contribution < -0.4 is 11.2 Å². The maximum atomic E-state index is 14.4. The Bertz CT molecular complexity index is 681. The van der Waals surface area contributed by atoms with Crippen LogP contribution in [0.15, 0.2) is 23.8 Å². The first kappa shape index (κ1) is 19.4. The molecule has 138 valence electrons. The summed E-state index contributed by atoms with van der Waals surface area (Å²) in [6, 6.07) is 3.45. The summed E-state index contributed by atoms with van der Waals surface area (Å²) >= 11 is 0. The lowest BCUT2D eigenvalue weighted by Crippen LogP contribution is -2.57. The number of nitrogens with one attached hydrogen (secondary N) is 1. The zero-order chi connectivity index (χ0) is 18.8. The van der Waals surface area contributed by atoms with E-state index < -0.39 is 17.0 Å². The minimum Gasteiger partial charge on any atom is -0.327 e. The van der Waals surface area contributed by atoms with Gasteiger partial charge in [-0.3, -0.25) is 15.2 Å². The quantitative estimate of drug-likeness (QED) is 0.825. The molecule has 25 heavy (non-hydrogen) atoms. The maximum Gasteiger partial charge on any atom is 0.251 e. The molecule has 1 amide bonds. The van der Waals surface area contributed by atoms with Gasteiger partial charge in [-0.15, -0.1) is 0 Å². The molecular weight excluding hydrogens is 324 g/mol. The van der Waals surface area contributed by atoms with E-state index in [1.807, 2.05) is 27.7 Å². The molecule has 1 aromatic rings. The van der Waals surface area contributed by atoms with Crippen LogP contribution in [0.4, 0.5) is 8.78 Å². The molecule has 0 bridgehead atoms. The Morgan fingerprint density at radius 3 is 2.36 bits per heavy atom. The van der Waals surface area contributed by atoms with Crippen molar-refractivity contribution in [3.05, 3.63) is 41.0 Å². The molecule has 0 aliphatic carbocycles. The first-order valence-electron chi connectivity index (χ1n) is 8.78. The Morgan fingerprint density at radius 1 is 1.24 bits per heavy atom. The van der Waals surface area contributed by atoms with E-state index in [2.05, 4.69) is 5.43 Å². The van der Waals surface area contributed by atoms with Gasteiger partial charge in [-0.2, -0.15) is 0 Å². The van der Waals surface area contributed by atoms with E-state index in [-0.39, 0.29) is 23.9 Å². The van der Waals surface area contributed by atoms with Gasteiger partial charge >= 0.3 is 0 Å². The second-order valence-electron chi connectivity index (χ2n) is 6.89. The number of hydrogen-bond acceptors (Lipinski definition) is 3. The van der Waals surface area contributed by atoms with Crippen LogP contribution in [0.1, 0.15) is 46.1 Å². The molecule has 1 aromatic carbocycles. The smallest absolute Gasteiger partial charge is 0.251 e. The molecule has 0 spiro atoms. The number of carbonyl (C=O) groups is 1. The summed E-state index contributed by atoms with van der Waals surface area (Å²) in [5.74, 6) is -1.12. The largest absolute Gasteiger partial charge is 0.327 e. The summed E-state index contributed by atoms with van der Waals surface area (Å²) in [5, 5.41) is 1.55. The zero-order valence-corrected chi connectivity index (χ0v) is 15.3. The third-order valence-electron chi connectivity index (χ3n) is 4.94. The SMILES string of the molecule is CCC1(CC)C(=O)N(CC(C)C)NC(c2ccc(F)cc2F)=C1CN. The lowest BCUT2D eigenvalue weighted by Gasteiger charge is -2.45. The number of halogens is 2. The average Bonchev–Trinajstić information content (AvgIpc) is 2.56. The number of nitrogens with two attached hydrogens (primary N) is 1. The minimum absolute atomic E-state index is 0.0436. The van der Waals surface area contributed by atoms with Gasteiger partial charge in [-0.1, -0.05) is 27.7 Å². The van der Waals surface area contributed by atoms with Gasteiger partial charge in [0.05, 0.1) is 11.1 Å². The van der Waals surface area contributed by atoms with E-state index in [1.165, 1.54) is 12.1 Å². The topological polar surface area (TPSA) is 58.4 Å². The Hall–Kier alpha value is -1.95. The number of hydrazine groups is 1. The van der Waals surface area contributed by atoms with Gasteiger partial charge in [0.15, 0.2) is 0 Å². The highest BCUT2D eigenvalue weighted by atomic mass is 19.1. The number of hydrogen-bond donors (Lipinski definition) is 2. The molecule has 0 aromatic heterocycles. The first-order valence-corrected chi connectivity index (χ1v) is 8.78. The highest BCUT2D eigenvalue weighted by Gasteiger charge is 2.46. The normalized spacial score (nSPS) is 17.3. The van der Waals surface area contributed by atoms with Crippen molar-refractivity contribution in [1.82, 2.24) is 10.4 Å².